The zero-order valence-electron chi connectivity index (χ0n) is 10.4. The van der Waals surface area contributed by atoms with Crippen molar-refractivity contribution in [3.8, 4) is 5.75 Å². The number of aromatic nitrogens is 2. The molecule has 0 spiro atoms. The number of hydrogen-bond acceptors (Lipinski definition) is 7. The molecule has 3 rings (SSSR count). The van der Waals surface area contributed by atoms with E-state index in [2.05, 4.69) is 25.5 Å². The number of nitrogens with one attached hydrogen (secondary N) is 2. The summed E-state index contributed by atoms with van der Waals surface area (Å²) in [5.41, 5.74) is 5.76. The van der Waals surface area contributed by atoms with E-state index in [-0.39, 0.29) is 5.95 Å². The molecule has 0 aliphatic carbocycles. The fraction of sp³-hybridized carbons (Fsp3) is 0.636. The highest BCUT2D eigenvalue weighted by molar-refractivity contribution is 5.68. The Morgan fingerprint density at radius 3 is 3.17 bits per heavy atom. The van der Waals surface area contributed by atoms with E-state index in [1.54, 1.807) is 0 Å². The van der Waals surface area contributed by atoms with Gasteiger partial charge in [-0.2, -0.15) is 9.97 Å². The maximum absolute atomic E-state index is 5.76. The van der Waals surface area contributed by atoms with E-state index in [9.17, 15) is 0 Å². The van der Waals surface area contributed by atoms with Gasteiger partial charge in [-0.05, 0) is 13.5 Å². The standard InChI is InChI=1S/C11H18N6O/c1-13-7-2-4-17(6-7)10-8-9(14-3-5-18-8)15-11(12)16-10/h7,13H,2-6H2,1H3,(H3,12,14,15,16)/t7-/m1/s1. The van der Waals surface area contributed by atoms with Crippen LogP contribution >= 0.6 is 0 Å². The number of anilines is 3. The van der Waals surface area contributed by atoms with Crippen LogP contribution in [0.1, 0.15) is 6.42 Å². The van der Waals surface area contributed by atoms with Crippen molar-refractivity contribution in [1.82, 2.24) is 15.3 Å². The van der Waals surface area contributed by atoms with Crippen molar-refractivity contribution in [1.29, 1.82) is 0 Å². The fourth-order valence-corrected chi connectivity index (χ4v) is 2.43. The van der Waals surface area contributed by atoms with Gasteiger partial charge in [0, 0.05) is 19.1 Å². The number of nitrogens with zero attached hydrogens (tertiary/aromatic N) is 3. The molecule has 1 aromatic heterocycles. The highest BCUT2D eigenvalue weighted by Gasteiger charge is 2.28. The van der Waals surface area contributed by atoms with Crippen LogP contribution in [0.5, 0.6) is 5.75 Å². The van der Waals surface area contributed by atoms with Crippen LogP contribution in [-0.2, 0) is 0 Å². The molecule has 3 heterocycles. The van der Waals surface area contributed by atoms with E-state index < -0.39 is 0 Å². The summed E-state index contributed by atoms with van der Waals surface area (Å²) in [4.78, 5) is 10.7. The smallest absolute Gasteiger partial charge is 0.224 e. The molecule has 18 heavy (non-hydrogen) atoms. The third-order valence-electron chi connectivity index (χ3n) is 3.40. The summed E-state index contributed by atoms with van der Waals surface area (Å²) in [5.74, 6) is 2.53. The first-order valence-corrected chi connectivity index (χ1v) is 6.24. The van der Waals surface area contributed by atoms with Gasteiger partial charge in [-0.15, -0.1) is 0 Å². The lowest BCUT2D eigenvalue weighted by atomic mass is 10.3. The zero-order valence-corrected chi connectivity index (χ0v) is 10.4. The second kappa shape index (κ2) is 4.49. The summed E-state index contributed by atoms with van der Waals surface area (Å²) < 4.78 is 5.69. The highest BCUT2D eigenvalue weighted by Crippen LogP contribution is 2.36. The summed E-state index contributed by atoms with van der Waals surface area (Å²) >= 11 is 0. The normalized spacial score (nSPS) is 22.3. The van der Waals surface area contributed by atoms with Gasteiger partial charge in [0.15, 0.2) is 11.6 Å². The molecule has 7 heteroatoms. The van der Waals surface area contributed by atoms with Crippen LogP contribution in [0.25, 0.3) is 0 Å². The molecule has 7 nitrogen and oxygen atoms in total. The Kier molecular flexibility index (Phi) is 2.83. The zero-order chi connectivity index (χ0) is 12.5. The van der Waals surface area contributed by atoms with Gasteiger partial charge in [-0.3, -0.25) is 0 Å². The molecule has 0 unspecified atom stereocenters. The maximum Gasteiger partial charge on any atom is 0.224 e. The van der Waals surface area contributed by atoms with E-state index in [1.165, 1.54) is 0 Å². The molecular weight excluding hydrogens is 232 g/mol. The Bertz CT molecular complexity index is 451. The summed E-state index contributed by atoms with van der Waals surface area (Å²) in [7, 11) is 1.98. The highest BCUT2D eigenvalue weighted by atomic mass is 16.5. The minimum absolute atomic E-state index is 0.287. The lowest BCUT2D eigenvalue weighted by Crippen LogP contribution is -2.31. The fourth-order valence-electron chi connectivity index (χ4n) is 2.43. The topological polar surface area (TPSA) is 88.3 Å². The van der Waals surface area contributed by atoms with Crippen molar-refractivity contribution in [2.24, 2.45) is 0 Å². The number of hydrogen-bond donors (Lipinski definition) is 3. The maximum atomic E-state index is 5.76. The first-order chi connectivity index (χ1) is 8.78. The summed E-state index contributed by atoms with van der Waals surface area (Å²) in [5, 5.41) is 6.48. The first kappa shape index (κ1) is 11.3. The molecule has 2 aliphatic heterocycles. The largest absolute Gasteiger partial charge is 0.485 e. The summed E-state index contributed by atoms with van der Waals surface area (Å²) in [6.07, 6.45) is 1.10. The van der Waals surface area contributed by atoms with Crippen LogP contribution in [-0.4, -0.2) is 49.3 Å². The van der Waals surface area contributed by atoms with Crippen LogP contribution < -0.4 is 26.0 Å². The van der Waals surface area contributed by atoms with Crippen LogP contribution in [0, 0.1) is 0 Å². The van der Waals surface area contributed by atoms with Gasteiger partial charge in [0.05, 0.1) is 6.54 Å². The van der Waals surface area contributed by atoms with Gasteiger partial charge in [-0.25, -0.2) is 0 Å². The molecule has 1 saturated heterocycles. The third kappa shape index (κ3) is 1.90. The Morgan fingerprint density at radius 2 is 2.39 bits per heavy atom. The van der Waals surface area contributed by atoms with Crippen molar-refractivity contribution in [2.45, 2.75) is 12.5 Å². The predicted molar refractivity (Wildman–Crippen MR) is 70.1 cm³/mol. The minimum atomic E-state index is 0.287. The third-order valence-corrected chi connectivity index (χ3v) is 3.40. The first-order valence-electron chi connectivity index (χ1n) is 6.24. The van der Waals surface area contributed by atoms with Crippen molar-refractivity contribution in [2.75, 3.05) is 49.2 Å². The molecule has 0 bridgehead atoms. The Balaban J connectivity index is 1.93. The monoisotopic (exact) mass is 250 g/mol. The molecule has 1 fully saturated rings. The Morgan fingerprint density at radius 1 is 1.50 bits per heavy atom. The van der Waals surface area contributed by atoms with Gasteiger partial charge in [0.25, 0.3) is 0 Å². The van der Waals surface area contributed by atoms with E-state index in [4.69, 9.17) is 10.5 Å². The summed E-state index contributed by atoms with van der Waals surface area (Å²) in [6.45, 7) is 3.26. The lowest BCUT2D eigenvalue weighted by Gasteiger charge is -2.25. The molecule has 98 valence electrons. The molecule has 0 radical (unpaired) electrons. The quantitative estimate of drug-likeness (QED) is 0.662. The lowest BCUT2D eigenvalue weighted by molar-refractivity contribution is 0.320. The molecule has 0 aromatic carbocycles. The number of fused-ring (bicyclic) bond motifs is 1. The number of rotatable bonds is 2. The van der Waals surface area contributed by atoms with E-state index in [1.807, 2.05) is 7.05 Å². The molecular formula is C11H18N6O. The SMILES string of the molecule is CN[C@@H]1CCN(c2nc(N)nc3c2OCCN3)C1. The van der Waals surface area contributed by atoms with Gasteiger partial charge in [-0.1, -0.05) is 0 Å². The van der Waals surface area contributed by atoms with Crippen LogP contribution in [0.15, 0.2) is 0 Å². The number of likely N-dealkylation sites (N-methyl/N-ethyl adjacent to an activating group) is 1. The van der Waals surface area contributed by atoms with Crippen LogP contribution in [0.3, 0.4) is 0 Å². The molecule has 1 atom stereocenters. The van der Waals surface area contributed by atoms with Crippen molar-refractivity contribution in [3.05, 3.63) is 0 Å². The van der Waals surface area contributed by atoms with E-state index in [0.29, 0.717) is 18.5 Å². The van der Waals surface area contributed by atoms with Gasteiger partial charge in [0.2, 0.25) is 11.7 Å². The number of ether oxygens (including phenoxy) is 1. The molecule has 1 aromatic rings. The Labute approximate surface area is 106 Å². The number of nitrogens with two attached hydrogens (primary N) is 1. The molecule has 2 aliphatic rings. The van der Waals surface area contributed by atoms with Crippen molar-refractivity contribution in [3.63, 3.8) is 0 Å². The second-order valence-electron chi connectivity index (χ2n) is 4.58. The van der Waals surface area contributed by atoms with E-state index >= 15 is 0 Å². The number of nitrogen functional groups attached to an aromatic ring is 1. The molecule has 0 amide bonds. The van der Waals surface area contributed by atoms with Crippen molar-refractivity contribution >= 4 is 17.6 Å². The van der Waals surface area contributed by atoms with Gasteiger partial charge in [0.1, 0.15) is 6.61 Å². The average Bonchev–Trinajstić information content (AvgIpc) is 2.86. The molecule has 0 saturated carbocycles. The van der Waals surface area contributed by atoms with Crippen LogP contribution in [0.4, 0.5) is 17.6 Å². The molecule has 4 N–H and O–H groups in total. The summed E-state index contributed by atoms with van der Waals surface area (Å²) in [6, 6.07) is 0.494. The van der Waals surface area contributed by atoms with Gasteiger partial charge < -0.3 is 26.0 Å². The van der Waals surface area contributed by atoms with Gasteiger partial charge >= 0.3 is 0 Å². The second-order valence-corrected chi connectivity index (χ2v) is 4.58. The predicted octanol–water partition coefficient (Wildman–Crippen LogP) is -0.339. The van der Waals surface area contributed by atoms with Crippen molar-refractivity contribution < 1.29 is 4.74 Å². The minimum Gasteiger partial charge on any atom is -0.485 e. The van der Waals surface area contributed by atoms with Crippen LogP contribution in [0.2, 0.25) is 0 Å². The Hall–Kier alpha value is -1.76. The average molecular weight is 250 g/mol. The van der Waals surface area contributed by atoms with E-state index in [0.717, 1.165) is 37.6 Å².